The van der Waals surface area contributed by atoms with Gasteiger partial charge in [-0.2, -0.15) is 0 Å². The van der Waals surface area contributed by atoms with Crippen molar-refractivity contribution in [1.29, 1.82) is 0 Å². The van der Waals surface area contributed by atoms with Crippen LogP contribution in [0.3, 0.4) is 0 Å². The van der Waals surface area contributed by atoms with Gasteiger partial charge in [0.15, 0.2) is 0 Å². The van der Waals surface area contributed by atoms with Gasteiger partial charge in [-0.1, -0.05) is 12.9 Å². The van der Waals surface area contributed by atoms with E-state index in [1.165, 1.54) is 0 Å². The van der Waals surface area contributed by atoms with E-state index in [1.54, 1.807) is 0 Å². The molecule has 0 radical (unpaired) electrons. The van der Waals surface area contributed by atoms with Crippen LogP contribution in [-0.4, -0.2) is 149 Å². The number of carboxylic acid groups (broad SMARTS) is 4. The fourth-order valence-electron chi connectivity index (χ4n) is 0. The standard InChI is InChI=1S/2CH2O3.2CHO2.3Ca/c2*2-1(3)4;2*2-1-3;;;/h2*(H2,2,3,4);2*(H,2,3);;;/q;;2*-1;3*+2/p-4. The van der Waals surface area contributed by atoms with Crippen molar-refractivity contribution in [3.8, 4) is 0 Å². The molecule has 17 heavy (non-hydrogen) atoms. The Hall–Kier alpha value is 1.26. The van der Waals surface area contributed by atoms with Crippen LogP contribution in [0.25, 0.3) is 0 Å². The maximum absolute atomic E-state index is 8.33. The van der Waals surface area contributed by atoms with Crippen molar-refractivity contribution in [2.24, 2.45) is 0 Å². The summed E-state index contributed by atoms with van der Waals surface area (Å²) in [6.07, 6.45) is -4.67. The number of aliphatic hydroxyl groups excluding tert-OH is 2. The topological polar surface area (TPSA) is 201 Å². The molecule has 0 unspecified atom stereocenters. The van der Waals surface area contributed by atoms with Gasteiger partial charge in [-0.15, -0.1) is 0 Å². The Morgan fingerprint density at radius 3 is 0.706 bits per heavy atom. The Labute approximate surface area is 185 Å². The van der Waals surface area contributed by atoms with Gasteiger partial charge in [0.1, 0.15) is 0 Å². The van der Waals surface area contributed by atoms with Crippen molar-refractivity contribution in [1.82, 2.24) is 0 Å². The number of hydrogen-bond acceptors (Lipinski definition) is 8. The number of hydrogen-bond donors (Lipinski definition) is 2. The normalized spacial score (nSPS) is 4.24. The van der Waals surface area contributed by atoms with Crippen molar-refractivity contribution < 1.29 is 49.8 Å². The minimum absolute atomic E-state index is 0. The van der Waals surface area contributed by atoms with Crippen LogP contribution in [0.2, 0.25) is 0 Å². The van der Waals surface area contributed by atoms with E-state index >= 15 is 0 Å². The summed E-state index contributed by atoms with van der Waals surface area (Å²) in [6.45, 7) is 1.00. The molecule has 0 saturated carbocycles. The van der Waals surface area contributed by atoms with Gasteiger partial charge < -0.3 is 49.8 Å². The third kappa shape index (κ3) is 2530. The summed E-state index contributed by atoms with van der Waals surface area (Å²) in [5, 5.41) is 46.9. The van der Waals surface area contributed by atoms with Gasteiger partial charge >= 0.3 is 113 Å². The van der Waals surface area contributed by atoms with Crippen molar-refractivity contribution >= 4 is 138 Å². The van der Waals surface area contributed by atoms with Gasteiger partial charge in [0.25, 0.3) is 0 Å². The summed E-state index contributed by atoms with van der Waals surface area (Å²) in [4.78, 5) is 33.1. The summed E-state index contributed by atoms with van der Waals surface area (Å²) in [5.41, 5.74) is 0. The van der Waals surface area contributed by atoms with Gasteiger partial charge in [0.05, 0.1) is 0 Å². The third-order valence-corrected chi connectivity index (χ3v) is 0. The van der Waals surface area contributed by atoms with E-state index in [1.807, 2.05) is 0 Å². The minimum atomic E-state index is -2.33. The van der Waals surface area contributed by atoms with Crippen molar-refractivity contribution in [3.63, 3.8) is 0 Å². The molecular formula is C4H2Ca3O10. The van der Waals surface area contributed by atoms with Crippen LogP contribution in [-0.2, 0) is 9.59 Å². The molecule has 0 aliphatic rings. The molecule has 0 bridgehead atoms. The monoisotopic (exact) mass is 330 g/mol. The molecule has 0 aliphatic heterocycles. The zero-order chi connectivity index (χ0) is 12.6. The first kappa shape index (κ1) is 42.9. The van der Waals surface area contributed by atoms with Gasteiger partial charge in [0.2, 0.25) is 0 Å². The molecule has 0 aliphatic carbocycles. The molecule has 0 rings (SSSR count). The Bertz CT molecular complexity index is 136. The number of rotatable bonds is 0. The summed E-state index contributed by atoms with van der Waals surface area (Å²) >= 11 is 0. The summed E-state index contributed by atoms with van der Waals surface area (Å²) < 4.78 is 0. The molecule has 0 aromatic carbocycles. The average Bonchev–Trinajstić information content (AvgIpc) is 1.85. The minimum Gasteiger partial charge on any atom is -0.665 e. The second-order valence-electron chi connectivity index (χ2n) is 0.683. The average molecular weight is 330 g/mol. The van der Waals surface area contributed by atoms with Gasteiger partial charge in [-0.05, 0) is 12.3 Å². The molecule has 0 fully saturated rings. The van der Waals surface area contributed by atoms with Crippen LogP contribution in [0.15, 0.2) is 0 Å². The Morgan fingerprint density at radius 1 is 0.706 bits per heavy atom. The molecular weight excluding hydrogens is 328 g/mol. The zero-order valence-electron chi connectivity index (χ0n) is 8.28. The molecule has 13 heteroatoms. The van der Waals surface area contributed by atoms with Crippen LogP contribution < -0.4 is 20.4 Å². The van der Waals surface area contributed by atoms with Crippen molar-refractivity contribution in [2.75, 3.05) is 0 Å². The molecule has 0 aromatic heterocycles. The Morgan fingerprint density at radius 2 is 0.706 bits per heavy atom. The largest absolute Gasteiger partial charge is 2.00 e. The predicted molar refractivity (Wildman–Crippen MR) is 44.7 cm³/mol. The molecule has 0 aromatic rings. The quantitative estimate of drug-likeness (QED) is 0.317. The summed E-state index contributed by atoms with van der Waals surface area (Å²) in [7, 11) is 0. The molecule has 84 valence electrons. The number of carbonyl (C=O) groups is 2. The van der Waals surface area contributed by atoms with Gasteiger partial charge in [-0.25, -0.2) is 0 Å². The molecule has 0 heterocycles. The molecule has 0 amide bonds. The van der Waals surface area contributed by atoms with E-state index in [0.29, 0.717) is 12.9 Å². The first-order chi connectivity index (χ1) is 6.29. The van der Waals surface area contributed by atoms with E-state index in [0.717, 1.165) is 0 Å². The Balaban J connectivity index is -0.0000000149. The maximum Gasteiger partial charge on any atom is 2.00 e. The van der Waals surface area contributed by atoms with E-state index < -0.39 is 12.3 Å². The third-order valence-electron chi connectivity index (χ3n) is 0. The molecule has 0 spiro atoms. The van der Waals surface area contributed by atoms with E-state index in [2.05, 4.69) is 0 Å². The van der Waals surface area contributed by atoms with Crippen LogP contribution in [0.5, 0.6) is 0 Å². The molecule has 0 atom stereocenters. The fourth-order valence-corrected chi connectivity index (χ4v) is 0. The molecule has 10 nitrogen and oxygen atoms in total. The maximum atomic E-state index is 8.33. The first-order valence-electron chi connectivity index (χ1n) is 2.08. The van der Waals surface area contributed by atoms with Crippen LogP contribution >= 0.6 is 0 Å². The zero-order valence-corrected chi connectivity index (χ0v) is 14.9. The predicted octanol–water partition coefficient (Wildman–Crippen LogP) is -6.81. The van der Waals surface area contributed by atoms with Crippen LogP contribution in [0.1, 0.15) is 0 Å². The van der Waals surface area contributed by atoms with Crippen LogP contribution in [0, 0.1) is 0 Å². The first-order valence-corrected chi connectivity index (χ1v) is 2.08. The molecule has 0 saturated heterocycles. The van der Waals surface area contributed by atoms with Gasteiger partial charge in [0, 0.05) is 0 Å². The second kappa shape index (κ2) is 53.2. The number of carbonyl (C=O) groups excluding carboxylic acids is 2. The summed E-state index contributed by atoms with van der Waals surface area (Å²) in [5.74, 6) is 0. The van der Waals surface area contributed by atoms with Crippen LogP contribution in [0.4, 0.5) is 9.59 Å². The fraction of sp³-hybridized carbons (Fsp3) is 0. The summed E-state index contributed by atoms with van der Waals surface area (Å²) in [6, 6.07) is 0. The van der Waals surface area contributed by atoms with Gasteiger partial charge in [-0.3, -0.25) is 0 Å². The van der Waals surface area contributed by atoms with E-state index in [-0.39, 0.29) is 113 Å². The Kier molecular flexibility index (Phi) is 134. The van der Waals surface area contributed by atoms with E-state index in [4.69, 9.17) is 49.8 Å². The smallest absolute Gasteiger partial charge is 0.665 e. The second-order valence-corrected chi connectivity index (χ2v) is 0.683. The van der Waals surface area contributed by atoms with Crippen molar-refractivity contribution in [3.05, 3.63) is 0 Å². The SMILES string of the molecule is O=C([O-])[O-].O=C([O-])[O-].O=[C-]O.O=[C-]O.[Ca+2].[Ca+2].[Ca+2]. The van der Waals surface area contributed by atoms with E-state index in [9.17, 15) is 0 Å². The molecule has 2 N–H and O–H groups in total. The van der Waals surface area contributed by atoms with Crippen molar-refractivity contribution in [2.45, 2.75) is 0 Å².